The number of nitro groups is 1. The quantitative estimate of drug-likeness (QED) is 0.478. The number of hydrogen-bond donors (Lipinski definition) is 0. The molecule has 0 fully saturated rings. The number of hydrogen-bond acceptors (Lipinski definition) is 6. The first-order valence-electron chi connectivity index (χ1n) is 5.11. The van der Waals surface area contributed by atoms with Gasteiger partial charge in [0.05, 0.1) is 19.1 Å². The number of alkyl halides is 3. The number of aromatic nitrogens is 1. The van der Waals surface area contributed by atoms with Crippen molar-refractivity contribution in [3.05, 3.63) is 27.3 Å². The summed E-state index contributed by atoms with van der Waals surface area (Å²) in [5.41, 5.74) is -0.0623. The van der Waals surface area contributed by atoms with Crippen molar-refractivity contribution in [2.75, 3.05) is 7.11 Å². The number of pyridine rings is 1. The van der Waals surface area contributed by atoms with Crippen LogP contribution in [0.3, 0.4) is 0 Å². The Bertz CT molecular complexity index is 544. The maximum atomic E-state index is 12.1. The predicted octanol–water partition coefficient (Wildman–Crippen LogP) is 1.91. The molecule has 0 aliphatic carbocycles. The first kappa shape index (κ1) is 15.7. The van der Waals surface area contributed by atoms with E-state index in [9.17, 15) is 28.1 Å². The topological polar surface area (TPSA) is 91.6 Å². The predicted molar refractivity (Wildman–Crippen MR) is 58.0 cm³/mol. The lowest BCUT2D eigenvalue weighted by Crippen LogP contribution is -2.19. The van der Waals surface area contributed by atoms with E-state index in [1.165, 1.54) is 6.92 Å². The molecule has 110 valence electrons. The average Bonchev–Trinajstić information content (AvgIpc) is 2.30. The largest absolute Gasteiger partial charge is 0.575 e. The van der Waals surface area contributed by atoms with Gasteiger partial charge in [0.25, 0.3) is 0 Å². The third-order valence-corrected chi connectivity index (χ3v) is 2.29. The number of ether oxygens (including phenoxy) is 2. The molecular weight excluding hydrogens is 285 g/mol. The van der Waals surface area contributed by atoms with Crippen LogP contribution in [0.4, 0.5) is 19.0 Å². The Morgan fingerprint density at radius 1 is 1.50 bits per heavy atom. The number of carbonyl (C=O) groups excluding carboxylic acids is 1. The summed E-state index contributed by atoms with van der Waals surface area (Å²) in [5.74, 6) is -2.58. The van der Waals surface area contributed by atoms with Crippen molar-refractivity contribution >= 4 is 11.8 Å². The fraction of sp³-hybridized carbons (Fsp3) is 0.400. The number of methoxy groups -OCH3 is 1. The van der Waals surface area contributed by atoms with Crippen LogP contribution in [0.5, 0.6) is 5.88 Å². The Balaban J connectivity index is 3.27. The van der Waals surface area contributed by atoms with Crippen molar-refractivity contribution in [1.82, 2.24) is 4.98 Å². The normalized spacial score (nSPS) is 11.1. The van der Waals surface area contributed by atoms with Gasteiger partial charge in [0, 0.05) is 11.1 Å². The second-order valence-corrected chi connectivity index (χ2v) is 3.63. The van der Waals surface area contributed by atoms with E-state index in [4.69, 9.17) is 0 Å². The molecule has 1 aromatic rings. The van der Waals surface area contributed by atoms with E-state index in [0.717, 1.165) is 13.2 Å². The molecule has 1 heterocycles. The van der Waals surface area contributed by atoms with Crippen molar-refractivity contribution in [3.63, 3.8) is 0 Å². The maximum Gasteiger partial charge on any atom is 0.575 e. The van der Waals surface area contributed by atoms with Crippen LogP contribution in [-0.2, 0) is 16.0 Å². The molecule has 0 saturated heterocycles. The second-order valence-electron chi connectivity index (χ2n) is 3.63. The number of carbonyl (C=O) groups is 1. The van der Waals surface area contributed by atoms with E-state index in [1.54, 1.807) is 0 Å². The summed E-state index contributed by atoms with van der Waals surface area (Å²) in [6.07, 6.45) is -5.47. The zero-order chi connectivity index (χ0) is 15.5. The number of nitrogens with zero attached hydrogens (tertiary/aromatic N) is 2. The minimum absolute atomic E-state index is 0.0298. The SMILES string of the molecule is COC(=O)Cc1cc(OC(F)(F)F)nc([N+](=O)[O-])c1C. The first-order valence-corrected chi connectivity index (χ1v) is 5.11. The fourth-order valence-electron chi connectivity index (χ4n) is 1.38. The molecular formula is C10H9F3N2O5. The highest BCUT2D eigenvalue weighted by molar-refractivity contribution is 5.73. The van der Waals surface area contributed by atoms with Gasteiger partial charge in [-0.1, -0.05) is 0 Å². The maximum absolute atomic E-state index is 12.1. The van der Waals surface area contributed by atoms with Crippen LogP contribution < -0.4 is 4.74 Å². The Labute approximate surface area is 110 Å². The zero-order valence-electron chi connectivity index (χ0n) is 10.4. The molecule has 0 amide bonds. The van der Waals surface area contributed by atoms with Gasteiger partial charge in [-0.05, 0) is 17.4 Å². The molecule has 0 aliphatic rings. The van der Waals surface area contributed by atoms with Gasteiger partial charge in [-0.2, -0.15) is 0 Å². The summed E-state index contributed by atoms with van der Waals surface area (Å²) in [6.45, 7) is 1.26. The zero-order valence-corrected chi connectivity index (χ0v) is 10.4. The molecule has 0 bridgehead atoms. The summed E-state index contributed by atoms with van der Waals surface area (Å²) < 4.78 is 44.2. The van der Waals surface area contributed by atoms with Gasteiger partial charge in [0.15, 0.2) is 0 Å². The summed E-state index contributed by atoms with van der Waals surface area (Å²) >= 11 is 0. The smallest absolute Gasteiger partial charge is 0.469 e. The lowest BCUT2D eigenvalue weighted by molar-refractivity contribution is -0.390. The van der Waals surface area contributed by atoms with Gasteiger partial charge in [-0.25, -0.2) is 0 Å². The second kappa shape index (κ2) is 5.72. The number of rotatable bonds is 4. The van der Waals surface area contributed by atoms with Gasteiger partial charge in [0.2, 0.25) is 0 Å². The van der Waals surface area contributed by atoms with E-state index < -0.39 is 35.4 Å². The van der Waals surface area contributed by atoms with Crippen molar-refractivity contribution in [2.24, 2.45) is 0 Å². The Hall–Kier alpha value is -2.39. The van der Waals surface area contributed by atoms with Gasteiger partial charge in [-0.15, -0.1) is 13.2 Å². The third kappa shape index (κ3) is 4.07. The van der Waals surface area contributed by atoms with E-state index in [-0.39, 0.29) is 11.1 Å². The Kier molecular flexibility index (Phi) is 4.48. The molecule has 0 N–H and O–H groups in total. The number of halogens is 3. The molecule has 0 unspecified atom stereocenters. The van der Waals surface area contributed by atoms with Gasteiger partial charge >= 0.3 is 24.0 Å². The highest BCUT2D eigenvalue weighted by atomic mass is 19.4. The molecule has 0 saturated carbocycles. The third-order valence-electron chi connectivity index (χ3n) is 2.29. The Morgan fingerprint density at radius 3 is 2.55 bits per heavy atom. The van der Waals surface area contributed by atoms with Crippen molar-refractivity contribution in [3.8, 4) is 5.88 Å². The monoisotopic (exact) mass is 294 g/mol. The van der Waals surface area contributed by atoms with E-state index in [2.05, 4.69) is 14.5 Å². The molecule has 0 aromatic carbocycles. The molecule has 1 rings (SSSR count). The van der Waals surface area contributed by atoms with Crippen molar-refractivity contribution in [1.29, 1.82) is 0 Å². The Morgan fingerprint density at radius 2 is 2.10 bits per heavy atom. The van der Waals surface area contributed by atoms with Crippen LogP contribution in [0, 0.1) is 17.0 Å². The standard InChI is InChI=1S/C10H9F3N2O5/c1-5-6(4-8(16)19-2)3-7(20-10(11,12)13)14-9(5)15(17)18/h3H,4H2,1-2H3. The molecule has 1 aromatic heterocycles. The van der Waals surface area contributed by atoms with Gasteiger partial charge in [0.1, 0.15) is 0 Å². The molecule has 0 aliphatic heterocycles. The van der Waals surface area contributed by atoms with Crippen LogP contribution in [0.15, 0.2) is 6.07 Å². The summed E-state index contributed by atoms with van der Waals surface area (Å²) in [7, 11) is 1.08. The summed E-state index contributed by atoms with van der Waals surface area (Å²) in [5, 5.41) is 10.7. The molecule has 0 atom stereocenters. The van der Waals surface area contributed by atoms with Crippen LogP contribution in [0.2, 0.25) is 0 Å². The summed E-state index contributed by atoms with van der Waals surface area (Å²) in [6, 6.07) is 0.812. The fourth-order valence-corrected chi connectivity index (χ4v) is 1.38. The minimum atomic E-state index is -5.04. The molecule has 7 nitrogen and oxygen atoms in total. The minimum Gasteiger partial charge on any atom is -0.469 e. The molecule has 0 radical (unpaired) electrons. The van der Waals surface area contributed by atoms with Crippen LogP contribution >= 0.6 is 0 Å². The lowest BCUT2D eigenvalue weighted by Gasteiger charge is -2.09. The average molecular weight is 294 g/mol. The van der Waals surface area contributed by atoms with E-state index in [0.29, 0.717) is 0 Å². The van der Waals surface area contributed by atoms with E-state index >= 15 is 0 Å². The molecule has 0 spiro atoms. The molecule has 10 heteroatoms. The van der Waals surface area contributed by atoms with Crippen LogP contribution in [-0.4, -0.2) is 29.3 Å². The van der Waals surface area contributed by atoms with Gasteiger partial charge in [-0.3, -0.25) is 4.79 Å². The van der Waals surface area contributed by atoms with Crippen LogP contribution in [0.1, 0.15) is 11.1 Å². The lowest BCUT2D eigenvalue weighted by atomic mass is 10.1. The highest BCUT2D eigenvalue weighted by Gasteiger charge is 2.35. The van der Waals surface area contributed by atoms with Crippen molar-refractivity contribution in [2.45, 2.75) is 19.7 Å². The van der Waals surface area contributed by atoms with Crippen LogP contribution in [0.25, 0.3) is 0 Å². The number of esters is 1. The summed E-state index contributed by atoms with van der Waals surface area (Å²) in [4.78, 5) is 24.1. The highest BCUT2D eigenvalue weighted by Crippen LogP contribution is 2.28. The van der Waals surface area contributed by atoms with Gasteiger partial charge < -0.3 is 19.6 Å². The first-order chi connectivity index (χ1) is 9.14. The van der Waals surface area contributed by atoms with E-state index in [1.807, 2.05) is 0 Å². The molecule has 20 heavy (non-hydrogen) atoms. The van der Waals surface area contributed by atoms with Crippen molar-refractivity contribution < 1.29 is 32.4 Å².